The number of aliphatic hydroxyl groups is 1. The second-order valence-electron chi connectivity index (χ2n) is 5.68. The molecule has 0 saturated carbocycles. The van der Waals surface area contributed by atoms with Gasteiger partial charge in [0.25, 0.3) is 0 Å². The molecule has 142 valence electrons. The summed E-state index contributed by atoms with van der Waals surface area (Å²) >= 11 is 0. The zero-order chi connectivity index (χ0) is 20.0. The van der Waals surface area contributed by atoms with Crippen LogP contribution in [0.2, 0.25) is 0 Å². The molecule has 0 unspecified atom stereocenters. The van der Waals surface area contributed by atoms with E-state index in [0.717, 1.165) is 18.3 Å². The van der Waals surface area contributed by atoms with Crippen LogP contribution < -0.4 is 4.74 Å². The molecule has 0 radical (unpaired) electrons. The van der Waals surface area contributed by atoms with Crippen molar-refractivity contribution >= 4 is 9.84 Å². The molecular weight excluding hydrogens is 392 g/mol. The molecule has 1 aromatic carbocycles. The maximum atomic E-state index is 14.4. The number of aromatic nitrogens is 1. The average molecular weight is 402 g/mol. The number of ether oxygens (including phenoxy) is 1. The van der Waals surface area contributed by atoms with Gasteiger partial charge in [-0.15, -0.1) is 0 Å². The first-order valence-electron chi connectivity index (χ1n) is 7.32. The Kier molecular flexibility index (Phi) is 4.57. The lowest BCUT2D eigenvalue weighted by atomic mass is 10.1. The standard InChI is InChI=1S/C16H10F4N2O4S/c17-7-27(24,25)11-2-1-10(26-9-3-8(4-21)5-22-6-9)12-13(11)15(23)16(19,20)14(12)18/h1-3,5-6,14-15,23H,7H2/t14-,15-/m0/s1. The molecule has 0 aliphatic heterocycles. The van der Waals surface area contributed by atoms with Gasteiger partial charge in [0.2, 0.25) is 9.84 Å². The van der Waals surface area contributed by atoms with Gasteiger partial charge in [-0.05, 0) is 12.1 Å². The van der Waals surface area contributed by atoms with E-state index in [1.165, 1.54) is 12.3 Å². The van der Waals surface area contributed by atoms with Crippen molar-refractivity contribution in [1.82, 2.24) is 4.98 Å². The van der Waals surface area contributed by atoms with Crippen LogP contribution in [-0.4, -0.2) is 30.4 Å². The number of pyridine rings is 1. The highest BCUT2D eigenvalue weighted by Crippen LogP contribution is 2.57. The van der Waals surface area contributed by atoms with E-state index in [4.69, 9.17) is 10.00 Å². The molecule has 1 aliphatic carbocycles. The third-order valence-electron chi connectivity index (χ3n) is 3.99. The van der Waals surface area contributed by atoms with Crippen molar-refractivity contribution in [3.8, 4) is 17.6 Å². The Balaban J connectivity index is 2.20. The van der Waals surface area contributed by atoms with E-state index in [2.05, 4.69) is 4.98 Å². The van der Waals surface area contributed by atoms with Crippen LogP contribution in [0.15, 0.2) is 35.5 Å². The predicted octanol–water partition coefficient (Wildman–Crippen LogP) is 3.14. The number of fused-ring (bicyclic) bond motifs is 1. The first kappa shape index (κ1) is 19.1. The molecule has 11 heteroatoms. The minimum absolute atomic E-state index is 0.0722. The van der Waals surface area contributed by atoms with Crippen LogP contribution in [0.5, 0.6) is 11.5 Å². The molecule has 1 aromatic heterocycles. The molecular formula is C16H10F4N2O4S. The minimum Gasteiger partial charge on any atom is -0.455 e. The molecule has 6 nitrogen and oxygen atoms in total. The summed E-state index contributed by atoms with van der Waals surface area (Å²) < 4.78 is 84.2. The Labute approximate surface area is 150 Å². The van der Waals surface area contributed by atoms with E-state index >= 15 is 0 Å². The molecule has 2 atom stereocenters. The third kappa shape index (κ3) is 3.00. The smallest absolute Gasteiger partial charge is 0.312 e. The molecule has 0 fully saturated rings. The maximum absolute atomic E-state index is 14.4. The Hall–Kier alpha value is -2.71. The van der Waals surface area contributed by atoms with E-state index in [9.17, 15) is 31.1 Å². The Morgan fingerprint density at radius 1 is 1.30 bits per heavy atom. The number of hydrogen-bond donors (Lipinski definition) is 1. The van der Waals surface area contributed by atoms with Gasteiger partial charge in [-0.1, -0.05) is 0 Å². The molecule has 1 N–H and O–H groups in total. The summed E-state index contributed by atoms with van der Waals surface area (Å²) in [6, 6.07) is 2.68. The average Bonchev–Trinajstić information content (AvgIpc) is 2.83. The lowest BCUT2D eigenvalue weighted by molar-refractivity contribution is -0.143. The number of sulfone groups is 1. The van der Waals surface area contributed by atoms with Crippen molar-refractivity contribution in [2.75, 3.05) is 6.01 Å². The molecule has 2 aromatic rings. The van der Waals surface area contributed by atoms with Gasteiger partial charge in [-0.25, -0.2) is 17.2 Å². The lowest BCUT2D eigenvalue weighted by Gasteiger charge is -2.16. The van der Waals surface area contributed by atoms with Gasteiger partial charge in [0, 0.05) is 23.4 Å². The van der Waals surface area contributed by atoms with Crippen LogP contribution in [0, 0.1) is 11.3 Å². The fourth-order valence-corrected chi connectivity index (χ4v) is 3.69. The molecule has 0 amide bonds. The number of rotatable bonds is 4. The van der Waals surface area contributed by atoms with Gasteiger partial charge >= 0.3 is 5.92 Å². The van der Waals surface area contributed by atoms with Crippen molar-refractivity contribution in [1.29, 1.82) is 5.26 Å². The van der Waals surface area contributed by atoms with Gasteiger partial charge in [0.05, 0.1) is 16.7 Å². The monoisotopic (exact) mass is 402 g/mol. The fraction of sp³-hybridized carbons (Fsp3) is 0.250. The van der Waals surface area contributed by atoms with Crippen LogP contribution in [0.3, 0.4) is 0 Å². The number of nitriles is 1. The van der Waals surface area contributed by atoms with Crippen molar-refractivity contribution in [3.05, 3.63) is 47.3 Å². The maximum Gasteiger partial charge on any atom is 0.312 e. The summed E-state index contributed by atoms with van der Waals surface area (Å²) in [5, 5.41) is 18.6. The van der Waals surface area contributed by atoms with Crippen molar-refractivity contribution < 1.29 is 35.8 Å². The van der Waals surface area contributed by atoms with Gasteiger partial charge in [-0.3, -0.25) is 4.98 Å². The van der Waals surface area contributed by atoms with Crippen LogP contribution in [-0.2, 0) is 9.84 Å². The van der Waals surface area contributed by atoms with Crippen molar-refractivity contribution in [2.45, 2.75) is 23.1 Å². The van der Waals surface area contributed by atoms with Crippen LogP contribution in [0.4, 0.5) is 17.6 Å². The van der Waals surface area contributed by atoms with E-state index < -0.39 is 55.8 Å². The minimum atomic E-state index is -4.67. The van der Waals surface area contributed by atoms with E-state index in [1.54, 1.807) is 6.07 Å². The SMILES string of the molecule is N#Cc1cncc(Oc2ccc(S(=O)(=O)CF)c3c2[C@H](F)C(F)(F)[C@H]3O)c1. The first-order valence-corrected chi connectivity index (χ1v) is 8.97. The highest BCUT2D eigenvalue weighted by Gasteiger charge is 2.59. The third-order valence-corrected chi connectivity index (χ3v) is 5.30. The number of nitrogens with zero attached hydrogens (tertiary/aromatic N) is 2. The number of alkyl halides is 4. The van der Waals surface area contributed by atoms with Crippen LogP contribution >= 0.6 is 0 Å². The second-order valence-corrected chi connectivity index (χ2v) is 7.56. The van der Waals surface area contributed by atoms with E-state index in [1.807, 2.05) is 0 Å². The molecule has 0 spiro atoms. The van der Waals surface area contributed by atoms with Crippen LogP contribution in [0.25, 0.3) is 0 Å². The number of benzene rings is 1. The van der Waals surface area contributed by atoms with Crippen molar-refractivity contribution in [3.63, 3.8) is 0 Å². The fourth-order valence-electron chi connectivity index (χ4n) is 2.75. The van der Waals surface area contributed by atoms with Crippen LogP contribution in [0.1, 0.15) is 29.0 Å². The Morgan fingerprint density at radius 2 is 2.00 bits per heavy atom. The molecule has 1 heterocycles. The lowest BCUT2D eigenvalue weighted by Crippen LogP contribution is -2.24. The second kappa shape index (κ2) is 6.47. The highest BCUT2D eigenvalue weighted by atomic mass is 32.2. The summed E-state index contributed by atoms with van der Waals surface area (Å²) in [5.41, 5.74) is -1.78. The van der Waals surface area contributed by atoms with E-state index in [-0.39, 0.29) is 11.3 Å². The van der Waals surface area contributed by atoms with Gasteiger partial charge in [0.1, 0.15) is 23.7 Å². The van der Waals surface area contributed by atoms with Gasteiger partial charge in [0.15, 0.2) is 12.2 Å². The number of halogens is 4. The zero-order valence-electron chi connectivity index (χ0n) is 13.2. The Morgan fingerprint density at radius 3 is 2.63 bits per heavy atom. The summed E-state index contributed by atoms with van der Waals surface area (Å²) in [4.78, 5) is 2.75. The quantitative estimate of drug-likeness (QED) is 0.789. The Bertz CT molecular complexity index is 1050. The molecule has 3 rings (SSSR count). The largest absolute Gasteiger partial charge is 0.455 e. The van der Waals surface area contributed by atoms with Gasteiger partial charge < -0.3 is 9.84 Å². The topological polar surface area (TPSA) is 100 Å². The van der Waals surface area contributed by atoms with Crippen molar-refractivity contribution in [2.24, 2.45) is 0 Å². The predicted molar refractivity (Wildman–Crippen MR) is 82.4 cm³/mol. The first-order chi connectivity index (χ1) is 12.6. The molecule has 27 heavy (non-hydrogen) atoms. The van der Waals surface area contributed by atoms with Gasteiger partial charge in [-0.2, -0.15) is 14.0 Å². The number of aliphatic hydroxyl groups excluding tert-OH is 1. The summed E-state index contributed by atoms with van der Waals surface area (Å²) in [6.07, 6.45) is -3.56. The summed E-state index contributed by atoms with van der Waals surface area (Å²) in [7, 11) is -4.67. The number of hydrogen-bond acceptors (Lipinski definition) is 6. The van der Waals surface area contributed by atoms with E-state index in [0.29, 0.717) is 0 Å². The molecule has 1 aliphatic rings. The summed E-state index contributed by atoms with van der Waals surface area (Å²) in [6.45, 7) is 0. The zero-order valence-corrected chi connectivity index (χ0v) is 14.1. The summed E-state index contributed by atoms with van der Waals surface area (Å²) in [5.74, 6) is -4.95. The normalized spacial score (nSPS) is 20.7. The molecule has 0 saturated heterocycles. The molecule has 0 bridgehead atoms. The highest BCUT2D eigenvalue weighted by molar-refractivity contribution is 7.91.